The van der Waals surface area contributed by atoms with Crippen molar-refractivity contribution in [2.75, 3.05) is 20.1 Å². The van der Waals surface area contributed by atoms with Gasteiger partial charge in [0.15, 0.2) is 0 Å². The van der Waals surface area contributed by atoms with E-state index >= 15 is 0 Å². The van der Waals surface area contributed by atoms with Crippen LogP contribution in [0.4, 0.5) is 8.78 Å². The van der Waals surface area contributed by atoms with Crippen LogP contribution in [0.3, 0.4) is 0 Å². The molecule has 94 valence electrons. The summed E-state index contributed by atoms with van der Waals surface area (Å²) in [6.45, 7) is 1.61. The molecule has 0 spiro atoms. The molecule has 0 saturated carbocycles. The van der Waals surface area contributed by atoms with Gasteiger partial charge in [-0.15, -0.1) is 0 Å². The highest BCUT2D eigenvalue weighted by Gasteiger charge is 2.32. The van der Waals surface area contributed by atoms with Crippen LogP contribution in [0.2, 0.25) is 0 Å². The van der Waals surface area contributed by atoms with Gasteiger partial charge in [0, 0.05) is 25.6 Å². The number of likely N-dealkylation sites (tertiary alicyclic amines) is 1. The van der Waals surface area contributed by atoms with E-state index in [0.717, 1.165) is 19.2 Å². The average Bonchev–Trinajstić information content (AvgIpc) is 2.27. The molecule has 1 aliphatic heterocycles. The lowest BCUT2D eigenvalue weighted by Crippen LogP contribution is -2.44. The predicted molar refractivity (Wildman–Crippen MR) is 61.7 cm³/mol. The van der Waals surface area contributed by atoms with Crippen molar-refractivity contribution in [1.29, 1.82) is 0 Å². The van der Waals surface area contributed by atoms with E-state index in [-0.39, 0.29) is 6.42 Å². The molecular weight excluding hydrogens is 224 g/mol. The summed E-state index contributed by atoms with van der Waals surface area (Å²) in [7, 11) is 2.00. The molecule has 0 atom stereocenters. The van der Waals surface area contributed by atoms with Gasteiger partial charge in [-0.05, 0) is 31.5 Å². The molecule has 0 unspecified atom stereocenters. The van der Waals surface area contributed by atoms with E-state index in [1.165, 1.54) is 12.1 Å². The van der Waals surface area contributed by atoms with E-state index in [2.05, 4.69) is 4.90 Å². The van der Waals surface area contributed by atoms with Gasteiger partial charge in [0.1, 0.15) is 11.6 Å². The molecule has 0 bridgehead atoms. The molecule has 1 N–H and O–H groups in total. The first-order valence-electron chi connectivity index (χ1n) is 5.83. The van der Waals surface area contributed by atoms with Crippen LogP contribution >= 0.6 is 0 Å². The highest BCUT2D eigenvalue weighted by molar-refractivity contribution is 5.20. The van der Waals surface area contributed by atoms with Crippen molar-refractivity contribution in [3.63, 3.8) is 0 Å². The summed E-state index contributed by atoms with van der Waals surface area (Å²) in [6.07, 6.45) is 1.51. The molecule has 1 aromatic carbocycles. The second-order valence-electron chi connectivity index (χ2n) is 4.94. The summed E-state index contributed by atoms with van der Waals surface area (Å²) in [5, 5.41) is 10.3. The first-order valence-corrected chi connectivity index (χ1v) is 5.83. The van der Waals surface area contributed by atoms with Gasteiger partial charge in [-0.1, -0.05) is 6.07 Å². The number of hydrogen-bond acceptors (Lipinski definition) is 2. The summed E-state index contributed by atoms with van der Waals surface area (Å²) >= 11 is 0. The Morgan fingerprint density at radius 2 is 1.94 bits per heavy atom. The van der Waals surface area contributed by atoms with Crippen molar-refractivity contribution in [3.8, 4) is 0 Å². The molecule has 4 heteroatoms. The van der Waals surface area contributed by atoms with Gasteiger partial charge in [-0.2, -0.15) is 0 Å². The zero-order chi connectivity index (χ0) is 12.5. The summed E-state index contributed by atoms with van der Waals surface area (Å²) in [6, 6.07) is 3.52. The Hall–Kier alpha value is -1.00. The van der Waals surface area contributed by atoms with Crippen molar-refractivity contribution in [3.05, 3.63) is 35.4 Å². The lowest BCUT2D eigenvalue weighted by Gasteiger charge is -2.36. The number of piperidine rings is 1. The lowest BCUT2D eigenvalue weighted by molar-refractivity contribution is -0.0156. The number of halogens is 2. The number of benzene rings is 1. The van der Waals surface area contributed by atoms with Gasteiger partial charge in [0.25, 0.3) is 0 Å². The molecule has 2 nitrogen and oxygen atoms in total. The van der Waals surface area contributed by atoms with Crippen LogP contribution in [-0.2, 0) is 6.42 Å². The smallest absolute Gasteiger partial charge is 0.129 e. The molecule has 2 rings (SSSR count). The Morgan fingerprint density at radius 3 is 2.53 bits per heavy atom. The van der Waals surface area contributed by atoms with E-state index < -0.39 is 17.2 Å². The van der Waals surface area contributed by atoms with Crippen molar-refractivity contribution in [2.45, 2.75) is 24.9 Å². The minimum absolute atomic E-state index is 0.257. The third-order valence-electron chi connectivity index (χ3n) is 3.45. The Kier molecular flexibility index (Phi) is 3.45. The van der Waals surface area contributed by atoms with Crippen LogP contribution in [0, 0.1) is 11.6 Å². The van der Waals surface area contributed by atoms with E-state index in [9.17, 15) is 13.9 Å². The van der Waals surface area contributed by atoms with E-state index in [4.69, 9.17) is 0 Å². The molecule has 1 aliphatic rings. The van der Waals surface area contributed by atoms with Crippen molar-refractivity contribution in [2.24, 2.45) is 0 Å². The Labute approximate surface area is 99.9 Å². The van der Waals surface area contributed by atoms with Gasteiger partial charge >= 0.3 is 0 Å². The molecule has 0 aliphatic carbocycles. The fraction of sp³-hybridized carbons (Fsp3) is 0.538. The van der Waals surface area contributed by atoms with Gasteiger partial charge in [0.2, 0.25) is 0 Å². The van der Waals surface area contributed by atoms with Crippen molar-refractivity contribution in [1.82, 2.24) is 4.90 Å². The Balaban J connectivity index is 2.09. The number of rotatable bonds is 2. The number of hydrogen-bond donors (Lipinski definition) is 1. The van der Waals surface area contributed by atoms with Crippen LogP contribution in [0.15, 0.2) is 18.2 Å². The van der Waals surface area contributed by atoms with E-state index in [1.807, 2.05) is 7.05 Å². The maximum atomic E-state index is 13.5. The second kappa shape index (κ2) is 4.70. The second-order valence-corrected chi connectivity index (χ2v) is 4.94. The zero-order valence-corrected chi connectivity index (χ0v) is 9.92. The van der Waals surface area contributed by atoms with Crippen LogP contribution in [0.25, 0.3) is 0 Å². The molecule has 1 heterocycles. The van der Waals surface area contributed by atoms with E-state index in [0.29, 0.717) is 18.4 Å². The van der Waals surface area contributed by atoms with Gasteiger partial charge in [0.05, 0.1) is 5.60 Å². The molecular formula is C13H17F2NO. The van der Waals surface area contributed by atoms with Gasteiger partial charge in [-0.3, -0.25) is 0 Å². The molecule has 1 aromatic rings. The molecule has 0 aromatic heterocycles. The minimum Gasteiger partial charge on any atom is -0.389 e. The van der Waals surface area contributed by atoms with E-state index in [1.54, 1.807) is 0 Å². The first kappa shape index (κ1) is 12.5. The monoisotopic (exact) mass is 241 g/mol. The summed E-state index contributed by atoms with van der Waals surface area (Å²) in [5.41, 5.74) is -0.469. The predicted octanol–water partition coefficient (Wildman–Crippen LogP) is 1.96. The maximum absolute atomic E-state index is 13.5. The number of aliphatic hydroxyl groups is 1. The molecule has 0 amide bonds. The fourth-order valence-corrected chi connectivity index (χ4v) is 2.23. The molecule has 17 heavy (non-hydrogen) atoms. The van der Waals surface area contributed by atoms with Crippen LogP contribution in [0.5, 0.6) is 0 Å². The Bertz CT molecular complexity index is 400. The van der Waals surface area contributed by atoms with Crippen LogP contribution < -0.4 is 0 Å². The van der Waals surface area contributed by atoms with Crippen molar-refractivity contribution < 1.29 is 13.9 Å². The zero-order valence-electron chi connectivity index (χ0n) is 9.92. The fourth-order valence-electron chi connectivity index (χ4n) is 2.23. The van der Waals surface area contributed by atoms with Crippen LogP contribution in [0.1, 0.15) is 18.4 Å². The quantitative estimate of drug-likeness (QED) is 0.855. The summed E-state index contributed by atoms with van der Waals surface area (Å²) in [4.78, 5) is 2.13. The third-order valence-corrected chi connectivity index (χ3v) is 3.45. The Morgan fingerprint density at radius 1 is 1.29 bits per heavy atom. The molecule has 0 radical (unpaired) electrons. The number of nitrogens with zero attached hydrogens (tertiary/aromatic N) is 1. The minimum atomic E-state index is -0.856. The standard InChI is InChI=1S/C13H17F2NO/c1-16-6-4-13(17,5-7-16)9-10-2-3-11(14)8-12(10)15/h2-3,8,17H,4-7,9H2,1H3. The third kappa shape index (κ3) is 3.01. The van der Waals surface area contributed by atoms with Crippen LogP contribution in [-0.4, -0.2) is 35.7 Å². The highest BCUT2D eigenvalue weighted by atomic mass is 19.1. The normalized spacial score (nSPS) is 20.5. The molecule has 1 saturated heterocycles. The maximum Gasteiger partial charge on any atom is 0.129 e. The summed E-state index contributed by atoms with van der Waals surface area (Å²) in [5.74, 6) is -1.15. The first-order chi connectivity index (χ1) is 7.98. The molecule has 1 fully saturated rings. The topological polar surface area (TPSA) is 23.5 Å². The SMILES string of the molecule is CN1CCC(O)(Cc2ccc(F)cc2F)CC1. The largest absolute Gasteiger partial charge is 0.389 e. The average molecular weight is 241 g/mol. The summed E-state index contributed by atoms with van der Waals surface area (Å²) < 4.78 is 26.3. The van der Waals surface area contributed by atoms with Gasteiger partial charge < -0.3 is 10.0 Å². The van der Waals surface area contributed by atoms with Crippen molar-refractivity contribution >= 4 is 0 Å². The van der Waals surface area contributed by atoms with Gasteiger partial charge in [-0.25, -0.2) is 8.78 Å². The highest BCUT2D eigenvalue weighted by Crippen LogP contribution is 2.26. The lowest BCUT2D eigenvalue weighted by atomic mass is 9.85.